The molecular weight excluding hydrogens is 372 g/mol. The van der Waals surface area contributed by atoms with Gasteiger partial charge in [0.25, 0.3) is 0 Å². The van der Waals surface area contributed by atoms with Crippen LogP contribution in [0.25, 0.3) is 0 Å². The SMILES string of the molecule is CCOC(=O)CC(=O)C1CCN(C(=O)O)C(c2cc(F)c(Cl)c(F)c2)C1. The minimum Gasteiger partial charge on any atom is -0.466 e. The molecule has 9 heteroatoms. The molecule has 2 rings (SSSR count). The highest BCUT2D eigenvalue weighted by molar-refractivity contribution is 6.30. The number of ether oxygens (including phenoxy) is 1. The summed E-state index contributed by atoms with van der Waals surface area (Å²) in [5.41, 5.74) is 0.0698. The van der Waals surface area contributed by atoms with Crippen molar-refractivity contribution in [3.63, 3.8) is 0 Å². The van der Waals surface area contributed by atoms with Crippen LogP contribution >= 0.6 is 11.6 Å². The van der Waals surface area contributed by atoms with E-state index in [9.17, 15) is 28.3 Å². The van der Waals surface area contributed by atoms with Crippen LogP contribution in [0.1, 0.15) is 37.8 Å². The van der Waals surface area contributed by atoms with Gasteiger partial charge in [0.2, 0.25) is 0 Å². The van der Waals surface area contributed by atoms with Crippen molar-refractivity contribution < 1.29 is 33.0 Å². The Bertz CT molecular complexity index is 704. The highest BCUT2D eigenvalue weighted by Crippen LogP contribution is 2.37. The first kappa shape index (κ1) is 20.1. The van der Waals surface area contributed by atoms with Gasteiger partial charge in [0.05, 0.1) is 12.6 Å². The molecule has 1 fully saturated rings. The summed E-state index contributed by atoms with van der Waals surface area (Å²) in [6.45, 7) is 1.77. The van der Waals surface area contributed by atoms with Gasteiger partial charge in [0.1, 0.15) is 28.9 Å². The zero-order chi connectivity index (χ0) is 19.4. The van der Waals surface area contributed by atoms with Crippen LogP contribution < -0.4 is 0 Å². The summed E-state index contributed by atoms with van der Waals surface area (Å²) < 4.78 is 32.3. The Kier molecular flexibility index (Phi) is 6.52. The van der Waals surface area contributed by atoms with Crippen molar-refractivity contribution in [1.82, 2.24) is 4.90 Å². The van der Waals surface area contributed by atoms with Crippen molar-refractivity contribution in [2.75, 3.05) is 13.2 Å². The molecule has 1 heterocycles. The summed E-state index contributed by atoms with van der Waals surface area (Å²) in [6.07, 6.45) is -1.44. The van der Waals surface area contributed by atoms with E-state index >= 15 is 0 Å². The summed E-state index contributed by atoms with van der Waals surface area (Å²) in [5, 5.41) is 8.68. The highest BCUT2D eigenvalue weighted by Gasteiger charge is 2.36. The lowest BCUT2D eigenvalue weighted by atomic mass is 9.84. The van der Waals surface area contributed by atoms with E-state index in [-0.39, 0.29) is 37.3 Å². The molecule has 2 atom stereocenters. The van der Waals surface area contributed by atoms with Crippen LogP contribution in [0, 0.1) is 17.6 Å². The maximum atomic E-state index is 13.8. The molecule has 0 bridgehead atoms. The number of carbonyl (C=O) groups excluding carboxylic acids is 2. The van der Waals surface area contributed by atoms with Crippen molar-refractivity contribution in [1.29, 1.82) is 0 Å². The van der Waals surface area contributed by atoms with Crippen molar-refractivity contribution in [2.24, 2.45) is 5.92 Å². The number of ketones is 1. The number of nitrogens with zero attached hydrogens (tertiary/aromatic N) is 1. The average molecular weight is 390 g/mol. The van der Waals surface area contributed by atoms with E-state index in [1.54, 1.807) is 6.92 Å². The van der Waals surface area contributed by atoms with Gasteiger partial charge < -0.3 is 14.7 Å². The van der Waals surface area contributed by atoms with Gasteiger partial charge in [0, 0.05) is 12.5 Å². The third-order valence-corrected chi connectivity index (χ3v) is 4.68. The van der Waals surface area contributed by atoms with Crippen molar-refractivity contribution >= 4 is 29.4 Å². The molecule has 26 heavy (non-hydrogen) atoms. The topological polar surface area (TPSA) is 83.9 Å². The Morgan fingerprint density at radius 3 is 2.46 bits per heavy atom. The third kappa shape index (κ3) is 4.49. The molecular formula is C17H18ClF2NO5. The molecule has 0 aliphatic carbocycles. The first-order valence-electron chi connectivity index (χ1n) is 8.06. The molecule has 2 unspecified atom stereocenters. The summed E-state index contributed by atoms with van der Waals surface area (Å²) in [5.74, 6) is -3.66. The van der Waals surface area contributed by atoms with E-state index in [0.717, 1.165) is 17.0 Å². The van der Waals surface area contributed by atoms with Gasteiger partial charge in [-0.2, -0.15) is 0 Å². The molecule has 0 spiro atoms. The number of rotatable bonds is 5. The first-order chi connectivity index (χ1) is 12.2. The minimum absolute atomic E-state index is 0.00506. The fourth-order valence-electron chi connectivity index (χ4n) is 3.07. The number of halogens is 3. The normalized spacial score (nSPS) is 19.9. The first-order valence-corrected chi connectivity index (χ1v) is 8.44. The Hall–Kier alpha value is -2.22. The van der Waals surface area contributed by atoms with Crippen LogP contribution in [-0.4, -0.2) is 41.0 Å². The predicted molar refractivity (Wildman–Crippen MR) is 87.8 cm³/mol. The number of amides is 1. The zero-order valence-electron chi connectivity index (χ0n) is 14.0. The molecule has 0 saturated carbocycles. The number of carbonyl (C=O) groups is 3. The smallest absolute Gasteiger partial charge is 0.407 e. The van der Waals surface area contributed by atoms with Crippen molar-refractivity contribution in [2.45, 2.75) is 32.2 Å². The maximum absolute atomic E-state index is 13.8. The zero-order valence-corrected chi connectivity index (χ0v) is 14.8. The summed E-state index contributed by atoms with van der Waals surface area (Å²) in [7, 11) is 0. The fraction of sp³-hybridized carbons (Fsp3) is 0.471. The second-order valence-electron chi connectivity index (χ2n) is 5.96. The molecule has 142 valence electrons. The Labute approximate surface area is 153 Å². The van der Waals surface area contributed by atoms with Crippen LogP contribution in [0.4, 0.5) is 13.6 Å². The molecule has 0 aromatic heterocycles. The maximum Gasteiger partial charge on any atom is 0.407 e. The van der Waals surface area contributed by atoms with E-state index in [4.69, 9.17) is 16.3 Å². The number of Topliss-reactive ketones (excluding diaryl/α,β-unsaturated/α-hetero) is 1. The molecule has 1 N–H and O–H groups in total. The van der Waals surface area contributed by atoms with E-state index in [2.05, 4.69) is 0 Å². The van der Waals surface area contributed by atoms with E-state index in [1.165, 1.54) is 0 Å². The standard InChI is InChI=1S/C17H18ClF2NO5/c1-2-26-15(23)8-14(22)9-3-4-21(17(24)25)13(7-9)10-5-11(19)16(18)12(20)6-10/h5-6,9,13H,2-4,7-8H2,1H3,(H,24,25). The van der Waals surface area contributed by atoms with Gasteiger partial charge in [-0.1, -0.05) is 11.6 Å². The summed E-state index contributed by atoms with van der Waals surface area (Å²) >= 11 is 5.47. The quantitative estimate of drug-likeness (QED) is 0.473. The molecule has 0 radical (unpaired) electrons. The van der Waals surface area contributed by atoms with Gasteiger partial charge in [-0.15, -0.1) is 0 Å². The minimum atomic E-state index is -1.26. The fourth-order valence-corrected chi connectivity index (χ4v) is 3.18. The van der Waals surface area contributed by atoms with Gasteiger partial charge in [-0.05, 0) is 37.5 Å². The predicted octanol–water partition coefficient (Wildman–Crippen LogP) is 3.57. The number of carboxylic acid groups (broad SMARTS) is 1. The van der Waals surface area contributed by atoms with Gasteiger partial charge in [-0.3, -0.25) is 9.59 Å². The average Bonchev–Trinajstić information content (AvgIpc) is 2.58. The second kappa shape index (κ2) is 8.44. The number of esters is 1. The summed E-state index contributed by atoms with van der Waals surface area (Å²) in [4.78, 5) is 36.3. The lowest BCUT2D eigenvalue weighted by molar-refractivity contribution is -0.146. The third-order valence-electron chi connectivity index (χ3n) is 4.32. The number of piperidine rings is 1. The number of hydrogen-bond donors (Lipinski definition) is 1. The molecule has 1 aliphatic heterocycles. The summed E-state index contributed by atoms with van der Waals surface area (Å²) in [6, 6.07) is 1.01. The van der Waals surface area contributed by atoms with Gasteiger partial charge in [-0.25, -0.2) is 13.6 Å². The lowest BCUT2D eigenvalue weighted by Crippen LogP contribution is -2.42. The molecule has 1 aliphatic rings. The Morgan fingerprint density at radius 2 is 1.92 bits per heavy atom. The van der Waals surface area contributed by atoms with Crippen LogP contribution in [0.3, 0.4) is 0 Å². The number of benzene rings is 1. The number of hydrogen-bond acceptors (Lipinski definition) is 4. The number of likely N-dealkylation sites (tertiary alicyclic amines) is 1. The van der Waals surface area contributed by atoms with E-state index in [0.29, 0.717) is 0 Å². The van der Waals surface area contributed by atoms with Crippen molar-refractivity contribution in [3.8, 4) is 0 Å². The second-order valence-corrected chi connectivity index (χ2v) is 6.34. The van der Waals surface area contributed by atoms with Crippen LogP contribution in [0.2, 0.25) is 5.02 Å². The van der Waals surface area contributed by atoms with Crippen molar-refractivity contribution in [3.05, 3.63) is 34.4 Å². The molecule has 6 nitrogen and oxygen atoms in total. The lowest BCUT2D eigenvalue weighted by Gasteiger charge is -2.37. The highest BCUT2D eigenvalue weighted by atomic mass is 35.5. The van der Waals surface area contributed by atoms with Crippen LogP contribution in [-0.2, 0) is 14.3 Å². The van der Waals surface area contributed by atoms with Gasteiger partial charge >= 0.3 is 12.1 Å². The van der Waals surface area contributed by atoms with E-state index < -0.39 is 47.1 Å². The molecule has 1 amide bonds. The molecule has 1 aromatic rings. The van der Waals surface area contributed by atoms with Gasteiger partial charge in [0.15, 0.2) is 0 Å². The Morgan fingerprint density at radius 1 is 1.31 bits per heavy atom. The monoisotopic (exact) mass is 389 g/mol. The Balaban J connectivity index is 2.24. The molecule has 1 aromatic carbocycles. The van der Waals surface area contributed by atoms with Crippen LogP contribution in [0.5, 0.6) is 0 Å². The van der Waals surface area contributed by atoms with Crippen LogP contribution in [0.15, 0.2) is 12.1 Å². The van der Waals surface area contributed by atoms with E-state index in [1.807, 2.05) is 0 Å². The molecule has 1 saturated heterocycles. The largest absolute Gasteiger partial charge is 0.466 e.